The minimum absolute atomic E-state index is 0.325. The van der Waals surface area contributed by atoms with Crippen molar-refractivity contribution >= 4 is 0 Å². The molecule has 1 aromatic carbocycles. The molecule has 0 aliphatic heterocycles. The summed E-state index contributed by atoms with van der Waals surface area (Å²) < 4.78 is 5.25. The Morgan fingerprint density at radius 1 is 1.20 bits per heavy atom. The smallest absolute Gasteiger partial charge is 0.150 e. The Morgan fingerprint density at radius 2 is 1.90 bits per heavy atom. The highest BCUT2D eigenvalue weighted by Crippen LogP contribution is 2.22. The molecule has 1 heterocycles. The van der Waals surface area contributed by atoms with Crippen LogP contribution in [-0.4, -0.2) is 5.16 Å². The van der Waals surface area contributed by atoms with E-state index in [0.717, 1.165) is 17.9 Å². The minimum atomic E-state index is 0.325. The van der Waals surface area contributed by atoms with E-state index < -0.39 is 0 Å². The maximum Gasteiger partial charge on any atom is 0.150 e. The molecule has 0 fully saturated rings. The molecule has 1 atom stereocenters. The van der Waals surface area contributed by atoms with Gasteiger partial charge in [-0.15, -0.1) is 0 Å². The van der Waals surface area contributed by atoms with Gasteiger partial charge in [-0.2, -0.15) is 0 Å². The van der Waals surface area contributed by atoms with Gasteiger partial charge in [-0.1, -0.05) is 50.2 Å². The van der Waals surface area contributed by atoms with Crippen LogP contribution in [0.5, 0.6) is 0 Å². The molecule has 0 amide bonds. The van der Waals surface area contributed by atoms with Crippen molar-refractivity contribution in [1.82, 2.24) is 10.5 Å². The summed E-state index contributed by atoms with van der Waals surface area (Å²) >= 11 is 0. The van der Waals surface area contributed by atoms with Crippen molar-refractivity contribution in [3.8, 4) is 0 Å². The second-order valence-corrected chi connectivity index (χ2v) is 5.63. The first-order valence-electron chi connectivity index (χ1n) is 7.34. The lowest BCUT2D eigenvalue weighted by molar-refractivity contribution is 0.341. The molecule has 0 bridgehead atoms. The molecule has 1 N–H and O–H groups in total. The van der Waals surface area contributed by atoms with Gasteiger partial charge in [0.1, 0.15) is 0 Å². The van der Waals surface area contributed by atoms with E-state index in [1.807, 2.05) is 13.0 Å². The highest BCUT2D eigenvalue weighted by Gasteiger charge is 2.16. The lowest BCUT2D eigenvalue weighted by Crippen LogP contribution is -2.25. The molecule has 0 saturated heterocycles. The maximum absolute atomic E-state index is 5.25. The fraction of sp³-hybridized carbons (Fsp3) is 0.471. The molecule has 0 spiro atoms. The number of rotatable bonds is 6. The van der Waals surface area contributed by atoms with Gasteiger partial charge in [0.25, 0.3) is 0 Å². The molecule has 1 aromatic heterocycles. The number of benzene rings is 1. The van der Waals surface area contributed by atoms with Gasteiger partial charge in [-0.05, 0) is 30.4 Å². The number of nitrogens with zero attached hydrogens (tertiary/aromatic N) is 1. The highest BCUT2D eigenvalue weighted by molar-refractivity contribution is 5.25. The zero-order valence-electron chi connectivity index (χ0n) is 12.8. The van der Waals surface area contributed by atoms with Crippen LogP contribution >= 0.6 is 0 Å². The third-order valence-corrected chi connectivity index (χ3v) is 3.59. The van der Waals surface area contributed by atoms with E-state index in [1.54, 1.807) is 0 Å². The van der Waals surface area contributed by atoms with Crippen molar-refractivity contribution < 1.29 is 4.52 Å². The van der Waals surface area contributed by atoms with E-state index in [9.17, 15) is 0 Å². The molecule has 2 aromatic rings. The number of aryl methyl sites for hydroxylation is 2. The third-order valence-electron chi connectivity index (χ3n) is 3.59. The van der Waals surface area contributed by atoms with Crippen LogP contribution < -0.4 is 5.32 Å². The molecule has 108 valence electrons. The van der Waals surface area contributed by atoms with Crippen molar-refractivity contribution in [2.45, 2.75) is 46.7 Å². The van der Waals surface area contributed by atoms with Gasteiger partial charge in [0, 0.05) is 12.1 Å². The summed E-state index contributed by atoms with van der Waals surface area (Å²) in [5.74, 6) is 1.41. The zero-order valence-corrected chi connectivity index (χ0v) is 12.8. The summed E-state index contributed by atoms with van der Waals surface area (Å²) in [6.07, 6.45) is 1.08. The van der Waals surface area contributed by atoms with Gasteiger partial charge in [0.15, 0.2) is 5.76 Å². The molecule has 3 nitrogen and oxygen atoms in total. The number of nitrogens with one attached hydrogen (secondary N) is 1. The monoisotopic (exact) mass is 272 g/mol. The predicted molar refractivity (Wildman–Crippen MR) is 81.5 cm³/mol. The zero-order chi connectivity index (χ0) is 14.5. The predicted octanol–water partition coefficient (Wildman–Crippen LogP) is 4.03. The minimum Gasteiger partial charge on any atom is -0.360 e. The van der Waals surface area contributed by atoms with Crippen molar-refractivity contribution in [2.24, 2.45) is 5.92 Å². The van der Waals surface area contributed by atoms with Gasteiger partial charge < -0.3 is 9.84 Å². The van der Waals surface area contributed by atoms with Crippen LogP contribution in [0.25, 0.3) is 0 Å². The fourth-order valence-electron chi connectivity index (χ4n) is 2.41. The summed E-state index contributed by atoms with van der Waals surface area (Å²) in [4.78, 5) is 0. The van der Waals surface area contributed by atoms with Crippen LogP contribution in [0.4, 0.5) is 0 Å². The molecule has 2 rings (SSSR count). The summed E-state index contributed by atoms with van der Waals surface area (Å²) in [5.41, 5.74) is 3.63. The van der Waals surface area contributed by atoms with E-state index in [2.05, 4.69) is 55.5 Å². The van der Waals surface area contributed by atoms with E-state index in [0.29, 0.717) is 18.5 Å². The van der Waals surface area contributed by atoms with Crippen molar-refractivity contribution in [3.05, 3.63) is 52.9 Å². The number of hydrogen-bond acceptors (Lipinski definition) is 3. The Kier molecular flexibility index (Phi) is 4.96. The van der Waals surface area contributed by atoms with Crippen LogP contribution in [0, 0.1) is 12.8 Å². The molecule has 0 saturated carbocycles. The average molecular weight is 272 g/mol. The van der Waals surface area contributed by atoms with Crippen molar-refractivity contribution in [1.29, 1.82) is 0 Å². The first-order chi connectivity index (χ1) is 9.60. The van der Waals surface area contributed by atoms with Gasteiger partial charge >= 0.3 is 0 Å². The molecule has 0 aliphatic rings. The summed E-state index contributed by atoms with van der Waals surface area (Å²) in [5, 5.41) is 7.49. The number of aromatic nitrogens is 1. The average Bonchev–Trinajstić information content (AvgIpc) is 2.85. The third kappa shape index (κ3) is 3.70. The molecule has 0 aliphatic carbocycles. The Labute approximate surface area is 121 Å². The second kappa shape index (κ2) is 6.71. The molecule has 0 radical (unpaired) electrons. The lowest BCUT2D eigenvalue weighted by Gasteiger charge is -2.22. The van der Waals surface area contributed by atoms with E-state index in [4.69, 9.17) is 4.52 Å². The standard InChI is InChI=1S/C17H24N2O/c1-5-14-6-8-15(9-7-14)17(12(2)3)18-11-16-10-13(4)19-20-16/h6-10,12,17-18H,5,11H2,1-4H3. The van der Waals surface area contributed by atoms with Crippen LogP contribution in [0.1, 0.15) is 49.4 Å². The fourth-order valence-corrected chi connectivity index (χ4v) is 2.41. The maximum atomic E-state index is 5.25. The molecule has 3 heteroatoms. The molecular formula is C17H24N2O. The highest BCUT2D eigenvalue weighted by atomic mass is 16.5. The van der Waals surface area contributed by atoms with Crippen molar-refractivity contribution in [2.75, 3.05) is 0 Å². The lowest BCUT2D eigenvalue weighted by atomic mass is 9.95. The SMILES string of the molecule is CCc1ccc(C(NCc2cc(C)no2)C(C)C)cc1. The Hall–Kier alpha value is -1.61. The topological polar surface area (TPSA) is 38.1 Å². The second-order valence-electron chi connectivity index (χ2n) is 5.63. The van der Waals surface area contributed by atoms with E-state index >= 15 is 0 Å². The first-order valence-corrected chi connectivity index (χ1v) is 7.34. The first kappa shape index (κ1) is 14.8. The quantitative estimate of drug-likeness (QED) is 0.862. The molecular weight excluding hydrogens is 248 g/mol. The van der Waals surface area contributed by atoms with Crippen LogP contribution in [-0.2, 0) is 13.0 Å². The summed E-state index contributed by atoms with van der Waals surface area (Å²) in [6, 6.07) is 11.2. The summed E-state index contributed by atoms with van der Waals surface area (Å²) in [7, 11) is 0. The van der Waals surface area contributed by atoms with Gasteiger partial charge in [0.2, 0.25) is 0 Å². The summed E-state index contributed by atoms with van der Waals surface area (Å²) in [6.45, 7) is 9.29. The number of hydrogen-bond donors (Lipinski definition) is 1. The van der Waals surface area contributed by atoms with Crippen LogP contribution in [0.2, 0.25) is 0 Å². The van der Waals surface area contributed by atoms with Crippen LogP contribution in [0.3, 0.4) is 0 Å². The largest absolute Gasteiger partial charge is 0.360 e. The van der Waals surface area contributed by atoms with Crippen molar-refractivity contribution in [3.63, 3.8) is 0 Å². The van der Waals surface area contributed by atoms with Gasteiger partial charge in [-0.3, -0.25) is 0 Å². The Morgan fingerprint density at radius 3 is 2.40 bits per heavy atom. The van der Waals surface area contributed by atoms with E-state index in [1.165, 1.54) is 11.1 Å². The van der Waals surface area contributed by atoms with E-state index in [-0.39, 0.29) is 0 Å². The molecule has 1 unspecified atom stereocenters. The molecule has 20 heavy (non-hydrogen) atoms. The Bertz CT molecular complexity index is 528. The van der Waals surface area contributed by atoms with Gasteiger partial charge in [-0.25, -0.2) is 0 Å². The van der Waals surface area contributed by atoms with Gasteiger partial charge in [0.05, 0.1) is 12.2 Å². The van der Waals surface area contributed by atoms with Crippen LogP contribution in [0.15, 0.2) is 34.9 Å². The normalized spacial score (nSPS) is 12.8. The Balaban J connectivity index is 2.06.